The molecule has 1 rings (SSSR count). The summed E-state index contributed by atoms with van der Waals surface area (Å²) in [5.74, 6) is 0.899. The van der Waals surface area contributed by atoms with Crippen LogP contribution in [0.1, 0.15) is 29.9 Å². The van der Waals surface area contributed by atoms with Gasteiger partial charge in [0.1, 0.15) is 0 Å². The molecule has 2 nitrogen and oxygen atoms in total. The molecule has 96 valence electrons. The number of carbonyl (C=O) groups is 1. The van der Waals surface area contributed by atoms with Gasteiger partial charge in [-0.3, -0.25) is 4.79 Å². The minimum absolute atomic E-state index is 0.0368. The number of carbonyl (C=O) groups excluding carboxylic acids is 1. The molecule has 1 aromatic heterocycles. The Balaban J connectivity index is 2.70. The summed E-state index contributed by atoms with van der Waals surface area (Å²) in [4.78, 5) is 12.7. The van der Waals surface area contributed by atoms with Crippen LogP contribution in [0.5, 0.6) is 0 Å². The third-order valence-corrected chi connectivity index (χ3v) is 5.88. The lowest BCUT2D eigenvalue weighted by Gasteiger charge is -2.20. The van der Waals surface area contributed by atoms with Gasteiger partial charge in [0.05, 0.1) is 8.66 Å². The molecule has 6 heteroatoms. The molecule has 17 heavy (non-hydrogen) atoms. The highest BCUT2D eigenvalue weighted by Gasteiger charge is 2.18. The van der Waals surface area contributed by atoms with E-state index >= 15 is 0 Å². The van der Waals surface area contributed by atoms with E-state index in [9.17, 15) is 4.79 Å². The molecule has 1 heterocycles. The Bertz CT molecular complexity index is 375. The summed E-state index contributed by atoms with van der Waals surface area (Å²) in [6.45, 7) is 4.16. The van der Waals surface area contributed by atoms with Crippen LogP contribution in [-0.4, -0.2) is 17.8 Å². The van der Waals surface area contributed by atoms with Gasteiger partial charge in [0.25, 0.3) is 5.91 Å². The molecular formula is C11H14Br2ClNOS. The summed E-state index contributed by atoms with van der Waals surface area (Å²) >= 11 is 13.9. The molecule has 0 aromatic carbocycles. The molecular weight excluding hydrogens is 389 g/mol. The summed E-state index contributed by atoms with van der Waals surface area (Å²) in [6, 6.07) is 1.95. The third-order valence-electron chi connectivity index (χ3n) is 2.41. The van der Waals surface area contributed by atoms with Gasteiger partial charge in [-0.25, -0.2) is 0 Å². The fourth-order valence-corrected chi connectivity index (χ4v) is 3.56. The molecule has 1 aromatic rings. The maximum absolute atomic E-state index is 12.0. The van der Waals surface area contributed by atoms with Crippen molar-refractivity contribution in [3.8, 4) is 0 Å². The van der Waals surface area contributed by atoms with Crippen molar-refractivity contribution in [3.63, 3.8) is 0 Å². The van der Waals surface area contributed by atoms with Crippen LogP contribution in [-0.2, 0) is 0 Å². The van der Waals surface area contributed by atoms with Gasteiger partial charge >= 0.3 is 0 Å². The van der Waals surface area contributed by atoms with Gasteiger partial charge < -0.3 is 5.32 Å². The maximum Gasteiger partial charge on any atom is 0.261 e. The van der Waals surface area contributed by atoms with Gasteiger partial charge in [-0.1, -0.05) is 13.8 Å². The summed E-state index contributed by atoms with van der Waals surface area (Å²) in [5.41, 5.74) is 0. The van der Waals surface area contributed by atoms with Gasteiger partial charge in [0.15, 0.2) is 0 Å². The second kappa shape index (κ2) is 7.12. The fourth-order valence-electron chi connectivity index (χ4n) is 1.39. The normalized spacial score (nSPS) is 12.8. The van der Waals surface area contributed by atoms with E-state index in [0.29, 0.717) is 16.7 Å². The number of thiophene rings is 1. The molecule has 0 aliphatic heterocycles. The van der Waals surface area contributed by atoms with Crippen LogP contribution in [0.25, 0.3) is 0 Å². The summed E-state index contributed by atoms with van der Waals surface area (Å²) < 4.78 is 1.84. The van der Waals surface area contributed by atoms with E-state index in [1.807, 2.05) is 6.07 Å². The maximum atomic E-state index is 12.0. The Kier molecular flexibility index (Phi) is 6.48. The van der Waals surface area contributed by atoms with Crippen LogP contribution in [0.4, 0.5) is 0 Å². The van der Waals surface area contributed by atoms with E-state index in [4.69, 9.17) is 11.6 Å². The fraction of sp³-hybridized carbons (Fsp3) is 0.545. The first-order chi connectivity index (χ1) is 7.95. The van der Waals surface area contributed by atoms with Gasteiger partial charge in [0.2, 0.25) is 0 Å². The van der Waals surface area contributed by atoms with E-state index < -0.39 is 0 Å². The third kappa shape index (κ3) is 4.54. The summed E-state index contributed by atoms with van der Waals surface area (Å²) in [5, 5.41) is 3.02. The van der Waals surface area contributed by atoms with Crippen molar-refractivity contribution in [2.45, 2.75) is 26.3 Å². The Hall–Kier alpha value is 0.420. The molecule has 0 spiro atoms. The van der Waals surface area contributed by atoms with Gasteiger partial charge in [-0.2, -0.15) is 0 Å². The first kappa shape index (κ1) is 15.5. The molecule has 1 amide bonds. The van der Waals surface area contributed by atoms with Crippen molar-refractivity contribution >= 4 is 60.7 Å². The van der Waals surface area contributed by atoms with Crippen LogP contribution in [0.3, 0.4) is 0 Å². The van der Waals surface area contributed by atoms with E-state index in [2.05, 4.69) is 51.0 Å². The highest BCUT2D eigenvalue weighted by Crippen LogP contribution is 2.32. The van der Waals surface area contributed by atoms with Crippen LogP contribution < -0.4 is 5.32 Å². The van der Waals surface area contributed by atoms with E-state index in [1.54, 1.807) is 0 Å². The predicted octanol–water partition coefficient (Wildman–Crippen LogP) is 4.66. The second-order valence-corrected chi connectivity index (χ2v) is 7.64. The number of hydrogen-bond acceptors (Lipinski definition) is 2. The van der Waals surface area contributed by atoms with Crippen molar-refractivity contribution in [2.75, 3.05) is 5.88 Å². The molecule has 0 radical (unpaired) electrons. The second-order valence-electron chi connectivity index (χ2n) is 4.03. The van der Waals surface area contributed by atoms with E-state index in [0.717, 1.165) is 14.7 Å². The molecule has 0 bridgehead atoms. The quantitative estimate of drug-likeness (QED) is 0.712. The minimum atomic E-state index is -0.0368. The zero-order chi connectivity index (χ0) is 13.0. The van der Waals surface area contributed by atoms with Crippen molar-refractivity contribution in [1.82, 2.24) is 5.32 Å². The van der Waals surface area contributed by atoms with Crippen molar-refractivity contribution in [2.24, 2.45) is 5.92 Å². The molecule has 0 aliphatic carbocycles. The predicted molar refractivity (Wildman–Crippen MR) is 81.1 cm³/mol. The first-order valence-corrected chi connectivity index (χ1v) is 8.21. The summed E-state index contributed by atoms with van der Waals surface area (Å²) in [6.07, 6.45) is 0.790. The van der Waals surface area contributed by atoms with Gasteiger partial charge in [-0.05, 0) is 50.3 Å². The first-order valence-electron chi connectivity index (χ1n) is 5.27. The van der Waals surface area contributed by atoms with Crippen molar-refractivity contribution < 1.29 is 4.79 Å². The van der Waals surface area contributed by atoms with Crippen LogP contribution in [0.2, 0.25) is 0 Å². The highest BCUT2D eigenvalue weighted by atomic mass is 79.9. The number of hydrogen-bond donors (Lipinski definition) is 1. The standard InChI is InChI=1S/C11H14Br2ClNOS/c1-6(2)8(3-4-14)15-11(16)9-5-7(12)10(13)17-9/h5-6,8H,3-4H2,1-2H3,(H,15,16). The molecule has 0 fully saturated rings. The molecule has 0 saturated heterocycles. The Morgan fingerprint density at radius 1 is 1.53 bits per heavy atom. The summed E-state index contributed by atoms with van der Waals surface area (Å²) in [7, 11) is 0. The monoisotopic (exact) mass is 401 g/mol. The number of rotatable bonds is 5. The smallest absolute Gasteiger partial charge is 0.261 e. The Morgan fingerprint density at radius 3 is 2.59 bits per heavy atom. The van der Waals surface area contributed by atoms with Crippen LogP contribution in [0, 0.1) is 5.92 Å². The zero-order valence-electron chi connectivity index (χ0n) is 9.60. The van der Waals surface area contributed by atoms with Crippen LogP contribution >= 0.6 is 54.8 Å². The van der Waals surface area contributed by atoms with Crippen molar-refractivity contribution in [1.29, 1.82) is 0 Å². The van der Waals surface area contributed by atoms with Gasteiger partial charge in [0, 0.05) is 16.4 Å². The largest absolute Gasteiger partial charge is 0.348 e. The molecule has 1 unspecified atom stereocenters. The van der Waals surface area contributed by atoms with Gasteiger partial charge in [-0.15, -0.1) is 22.9 Å². The van der Waals surface area contributed by atoms with E-state index in [-0.39, 0.29) is 11.9 Å². The average molecular weight is 404 g/mol. The van der Waals surface area contributed by atoms with Crippen molar-refractivity contribution in [3.05, 3.63) is 19.2 Å². The highest BCUT2D eigenvalue weighted by molar-refractivity contribution is 9.13. The number of nitrogens with one attached hydrogen (secondary N) is 1. The number of alkyl halides is 1. The zero-order valence-corrected chi connectivity index (χ0v) is 14.3. The SMILES string of the molecule is CC(C)C(CCCl)NC(=O)c1cc(Br)c(Br)s1. The Morgan fingerprint density at radius 2 is 2.18 bits per heavy atom. The lowest BCUT2D eigenvalue weighted by atomic mass is 10.0. The topological polar surface area (TPSA) is 29.1 Å². The Labute approximate surface area is 127 Å². The molecule has 1 N–H and O–H groups in total. The lowest BCUT2D eigenvalue weighted by molar-refractivity contribution is 0.0929. The molecule has 0 saturated carbocycles. The average Bonchev–Trinajstić information content (AvgIpc) is 2.58. The van der Waals surface area contributed by atoms with E-state index in [1.165, 1.54) is 11.3 Å². The molecule has 0 aliphatic rings. The van der Waals surface area contributed by atoms with Crippen LogP contribution in [0.15, 0.2) is 14.3 Å². The minimum Gasteiger partial charge on any atom is -0.348 e. The number of halogens is 3. The lowest BCUT2D eigenvalue weighted by Crippen LogP contribution is -2.38. The molecule has 1 atom stereocenters. The number of amides is 1.